The zero-order valence-electron chi connectivity index (χ0n) is 10.2. The number of nitrogens with one attached hydrogen (secondary N) is 1. The SMILES string of the molecule is CCC1(C)NC(=O)CN(C2(C(F)(F)F)CC2)C1=O. The van der Waals surface area contributed by atoms with Crippen LogP contribution in [0.5, 0.6) is 0 Å². The molecule has 2 rings (SSSR count). The van der Waals surface area contributed by atoms with Crippen LogP contribution in [-0.4, -0.2) is 40.5 Å². The summed E-state index contributed by atoms with van der Waals surface area (Å²) in [7, 11) is 0. The van der Waals surface area contributed by atoms with Crippen LogP contribution < -0.4 is 5.32 Å². The van der Waals surface area contributed by atoms with Crippen molar-refractivity contribution in [2.24, 2.45) is 0 Å². The monoisotopic (exact) mass is 264 g/mol. The van der Waals surface area contributed by atoms with E-state index in [0.29, 0.717) is 0 Å². The molecule has 0 bridgehead atoms. The minimum atomic E-state index is -4.48. The van der Waals surface area contributed by atoms with Gasteiger partial charge in [0.15, 0.2) is 0 Å². The summed E-state index contributed by atoms with van der Waals surface area (Å²) in [6, 6.07) is 0. The Morgan fingerprint density at radius 1 is 1.33 bits per heavy atom. The Bertz CT molecular complexity index is 404. The molecule has 0 aromatic rings. The molecule has 0 aromatic heterocycles. The Balaban J connectivity index is 2.34. The average Bonchev–Trinajstić information content (AvgIpc) is 3.03. The predicted molar refractivity (Wildman–Crippen MR) is 56.6 cm³/mol. The molecule has 1 unspecified atom stereocenters. The van der Waals surface area contributed by atoms with E-state index >= 15 is 0 Å². The maximum Gasteiger partial charge on any atom is 0.411 e. The lowest BCUT2D eigenvalue weighted by molar-refractivity contribution is -0.205. The van der Waals surface area contributed by atoms with Crippen LogP contribution in [0.2, 0.25) is 0 Å². The van der Waals surface area contributed by atoms with Gasteiger partial charge in [-0.2, -0.15) is 13.2 Å². The Hall–Kier alpha value is -1.27. The van der Waals surface area contributed by atoms with E-state index in [1.165, 1.54) is 6.92 Å². The molecule has 7 heteroatoms. The fourth-order valence-electron chi connectivity index (χ4n) is 2.32. The van der Waals surface area contributed by atoms with Crippen LogP contribution in [-0.2, 0) is 9.59 Å². The zero-order valence-corrected chi connectivity index (χ0v) is 10.2. The molecule has 0 radical (unpaired) electrons. The number of hydrogen-bond donors (Lipinski definition) is 1. The first-order valence-electron chi connectivity index (χ1n) is 5.86. The van der Waals surface area contributed by atoms with E-state index in [0.717, 1.165) is 4.90 Å². The van der Waals surface area contributed by atoms with Crippen molar-refractivity contribution in [1.29, 1.82) is 0 Å². The van der Waals surface area contributed by atoms with Gasteiger partial charge in [0.05, 0.1) is 0 Å². The zero-order chi connectivity index (χ0) is 13.8. The number of nitrogens with zero attached hydrogens (tertiary/aromatic N) is 1. The van der Waals surface area contributed by atoms with Crippen molar-refractivity contribution in [2.75, 3.05) is 6.54 Å². The normalized spacial score (nSPS) is 31.3. The molecule has 1 heterocycles. The first kappa shape index (κ1) is 13.2. The first-order valence-corrected chi connectivity index (χ1v) is 5.86. The number of piperazine rings is 1. The number of alkyl halides is 3. The minimum absolute atomic E-state index is 0.116. The molecule has 102 valence electrons. The molecule has 1 saturated heterocycles. The Morgan fingerprint density at radius 3 is 2.28 bits per heavy atom. The molecular formula is C11H15F3N2O2. The number of halogens is 3. The van der Waals surface area contributed by atoms with E-state index in [9.17, 15) is 22.8 Å². The summed E-state index contributed by atoms with van der Waals surface area (Å²) in [6.45, 7) is 2.62. The van der Waals surface area contributed by atoms with Crippen molar-refractivity contribution in [2.45, 2.75) is 50.4 Å². The van der Waals surface area contributed by atoms with Gasteiger partial charge >= 0.3 is 6.18 Å². The maximum atomic E-state index is 13.0. The van der Waals surface area contributed by atoms with Crippen LogP contribution in [0.3, 0.4) is 0 Å². The minimum Gasteiger partial charge on any atom is -0.340 e. The number of rotatable bonds is 2. The van der Waals surface area contributed by atoms with Gasteiger partial charge in [-0.3, -0.25) is 9.59 Å². The van der Waals surface area contributed by atoms with Crippen LogP contribution in [0.4, 0.5) is 13.2 Å². The molecule has 2 amide bonds. The second-order valence-electron chi connectivity index (χ2n) is 5.15. The highest BCUT2D eigenvalue weighted by molar-refractivity contribution is 5.98. The van der Waals surface area contributed by atoms with Gasteiger partial charge in [0.2, 0.25) is 11.8 Å². The summed E-state index contributed by atoms with van der Waals surface area (Å²) in [5.41, 5.74) is -3.34. The summed E-state index contributed by atoms with van der Waals surface area (Å²) in [4.78, 5) is 24.4. The van der Waals surface area contributed by atoms with Crippen LogP contribution in [0.25, 0.3) is 0 Å². The molecule has 0 aromatic carbocycles. The second-order valence-corrected chi connectivity index (χ2v) is 5.15. The Labute approximate surface area is 103 Å². The number of amides is 2. The predicted octanol–water partition coefficient (Wildman–Crippen LogP) is 1.21. The molecule has 1 aliphatic carbocycles. The fourth-order valence-corrected chi connectivity index (χ4v) is 2.32. The molecule has 0 spiro atoms. The van der Waals surface area contributed by atoms with E-state index in [1.807, 2.05) is 0 Å². The van der Waals surface area contributed by atoms with Crippen molar-refractivity contribution >= 4 is 11.8 Å². The van der Waals surface area contributed by atoms with Crippen molar-refractivity contribution in [3.05, 3.63) is 0 Å². The molecule has 1 aliphatic heterocycles. The molecule has 2 aliphatic rings. The average molecular weight is 264 g/mol. The highest BCUT2D eigenvalue weighted by Crippen LogP contribution is 2.54. The van der Waals surface area contributed by atoms with Gasteiger partial charge < -0.3 is 10.2 Å². The van der Waals surface area contributed by atoms with Crippen LogP contribution in [0.1, 0.15) is 33.1 Å². The molecule has 18 heavy (non-hydrogen) atoms. The quantitative estimate of drug-likeness (QED) is 0.815. The molecule has 2 fully saturated rings. The van der Waals surface area contributed by atoms with Gasteiger partial charge in [-0.05, 0) is 26.2 Å². The van der Waals surface area contributed by atoms with Crippen molar-refractivity contribution in [1.82, 2.24) is 10.2 Å². The maximum absolute atomic E-state index is 13.0. The third-order valence-electron chi connectivity index (χ3n) is 3.91. The van der Waals surface area contributed by atoms with Gasteiger partial charge in [-0.25, -0.2) is 0 Å². The lowest BCUT2D eigenvalue weighted by Gasteiger charge is -2.43. The van der Waals surface area contributed by atoms with Gasteiger partial charge in [-0.1, -0.05) is 6.92 Å². The van der Waals surface area contributed by atoms with Crippen molar-refractivity contribution in [3.8, 4) is 0 Å². The van der Waals surface area contributed by atoms with Crippen LogP contribution >= 0.6 is 0 Å². The lowest BCUT2D eigenvalue weighted by Crippen LogP contribution is -2.69. The first-order chi connectivity index (χ1) is 8.16. The summed E-state index contributed by atoms with van der Waals surface area (Å²) >= 11 is 0. The van der Waals surface area contributed by atoms with E-state index in [-0.39, 0.29) is 19.3 Å². The Kier molecular flexibility index (Phi) is 2.64. The summed E-state index contributed by atoms with van der Waals surface area (Å²) in [6.07, 6.45) is -4.44. The van der Waals surface area contributed by atoms with E-state index < -0.39 is 35.6 Å². The van der Waals surface area contributed by atoms with E-state index in [2.05, 4.69) is 5.32 Å². The lowest BCUT2D eigenvalue weighted by atomic mass is 9.92. The molecule has 1 saturated carbocycles. The highest BCUT2D eigenvalue weighted by atomic mass is 19.4. The largest absolute Gasteiger partial charge is 0.411 e. The topological polar surface area (TPSA) is 49.4 Å². The van der Waals surface area contributed by atoms with Gasteiger partial charge in [0, 0.05) is 0 Å². The summed E-state index contributed by atoms with van der Waals surface area (Å²) in [5, 5.41) is 2.48. The highest BCUT2D eigenvalue weighted by Gasteiger charge is 2.69. The van der Waals surface area contributed by atoms with Gasteiger partial charge in [0.1, 0.15) is 17.6 Å². The van der Waals surface area contributed by atoms with Gasteiger partial charge in [-0.15, -0.1) is 0 Å². The van der Waals surface area contributed by atoms with Crippen LogP contribution in [0, 0.1) is 0 Å². The van der Waals surface area contributed by atoms with Gasteiger partial charge in [0.25, 0.3) is 0 Å². The third-order valence-corrected chi connectivity index (χ3v) is 3.91. The van der Waals surface area contributed by atoms with E-state index in [4.69, 9.17) is 0 Å². The number of carbonyl (C=O) groups excluding carboxylic acids is 2. The summed E-state index contributed by atoms with van der Waals surface area (Å²) in [5.74, 6) is -1.17. The molecular weight excluding hydrogens is 249 g/mol. The standard InChI is InChI=1S/C11H15F3N2O2/c1-3-9(2)8(18)16(6-7(17)15-9)10(4-5-10)11(12,13)14/h3-6H2,1-2H3,(H,15,17). The number of carbonyl (C=O) groups is 2. The van der Waals surface area contributed by atoms with Crippen molar-refractivity contribution < 1.29 is 22.8 Å². The molecule has 1 N–H and O–H groups in total. The number of hydrogen-bond acceptors (Lipinski definition) is 2. The smallest absolute Gasteiger partial charge is 0.340 e. The molecule has 4 nitrogen and oxygen atoms in total. The third kappa shape index (κ3) is 1.67. The molecule has 1 atom stereocenters. The summed E-state index contributed by atoms with van der Waals surface area (Å²) < 4.78 is 39.0. The Morgan fingerprint density at radius 2 is 1.89 bits per heavy atom. The van der Waals surface area contributed by atoms with Crippen LogP contribution in [0.15, 0.2) is 0 Å². The fraction of sp³-hybridized carbons (Fsp3) is 0.818. The second kappa shape index (κ2) is 3.61. The van der Waals surface area contributed by atoms with Crippen molar-refractivity contribution in [3.63, 3.8) is 0 Å². The van der Waals surface area contributed by atoms with E-state index in [1.54, 1.807) is 6.92 Å².